The van der Waals surface area contributed by atoms with Crippen molar-refractivity contribution >= 4 is 33.3 Å². The molecule has 0 fully saturated rings. The molecule has 0 aromatic carbocycles. The number of aromatic amines is 1. The third-order valence-electron chi connectivity index (χ3n) is 4.23. The van der Waals surface area contributed by atoms with Gasteiger partial charge in [0.15, 0.2) is 11.0 Å². The maximum absolute atomic E-state index is 12.2. The van der Waals surface area contributed by atoms with Crippen LogP contribution in [-0.4, -0.2) is 29.7 Å². The van der Waals surface area contributed by atoms with Crippen molar-refractivity contribution in [1.82, 2.24) is 29.7 Å². The van der Waals surface area contributed by atoms with E-state index in [0.29, 0.717) is 39.3 Å². The van der Waals surface area contributed by atoms with Gasteiger partial charge >= 0.3 is 0 Å². The van der Waals surface area contributed by atoms with Crippen LogP contribution in [0.25, 0.3) is 21.6 Å². The van der Waals surface area contributed by atoms with Crippen LogP contribution in [-0.2, 0) is 12.3 Å². The van der Waals surface area contributed by atoms with Crippen molar-refractivity contribution in [2.24, 2.45) is 0 Å². The topological polar surface area (TPSA) is 102 Å². The van der Waals surface area contributed by atoms with Crippen LogP contribution in [0.2, 0.25) is 0 Å². The Labute approximate surface area is 172 Å². The average molecular weight is 422 g/mol. The van der Waals surface area contributed by atoms with Crippen LogP contribution in [0.1, 0.15) is 11.6 Å². The number of aromatic nitrogens is 6. The second kappa shape index (κ2) is 7.64. The molecule has 0 aliphatic carbocycles. The van der Waals surface area contributed by atoms with E-state index >= 15 is 0 Å². The van der Waals surface area contributed by atoms with E-state index in [1.165, 1.54) is 23.1 Å². The summed E-state index contributed by atoms with van der Waals surface area (Å²) in [4.78, 5) is 23.7. The molecule has 5 aromatic rings. The molecule has 0 aliphatic heterocycles. The number of hydrogen-bond acceptors (Lipinski definition) is 8. The minimum absolute atomic E-state index is 0.117. The molecule has 0 radical (unpaired) electrons. The monoisotopic (exact) mass is 422 g/mol. The molecular weight excluding hydrogens is 408 g/mol. The first-order valence-electron chi connectivity index (χ1n) is 8.73. The summed E-state index contributed by atoms with van der Waals surface area (Å²) in [6.07, 6.45) is 5.11. The van der Waals surface area contributed by atoms with E-state index in [1.807, 2.05) is 40.3 Å². The van der Waals surface area contributed by atoms with E-state index < -0.39 is 0 Å². The Balaban J connectivity index is 1.47. The molecule has 5 aromatic heterocycles. The van der Waals surface area contributed by atoms with Crippen molar-refractivity contribution in [2.75, 3.05) is 0 Å². The number of hydrogen-bond donors (Lipinski definition) is 1. The first kappa shape index (κ1) is 17.8. The number of thioether (sulfide) groups is 1. The minimum Gasteiger partial charge on any atom is -0.467 e. The van der Waals surface area contributed by atoms with Crippen LogP contribution < -0.4 is 5.56 Å². The Bertz CT molecular complexity index is 1310. The number of H-pyrrole nitrogens is 1. The zero-order valence-corrected chi connectivity index (χ0v) is 16.6. The zero-order chi connectivity index (χ0) is 19.6. The van der Waals surface area contributed by atoms with Gasteiger partial charge in [-0.1, -0.05) is 11.8 Å². The predicted octanol–water partition coefficient (Wildman–Crippen LogP) is 3.57. The number of pyridine rings is 1. The second-order valence-electron chi connectivity index (χ2n) is 6.15. The quantitative estimate of drug-likeness (QED) is 0.417. The van der Waals surface area contributed by atoms with Gasteiger partial charge in [-0.3, -0.25) is 14.3 Å². The fourth-order valence-corrected chi connectivity index (χ4v) is 4.46. The molecule has 1 N–H and O–H groups in total. The summed E-state index contributed by atoms with van der Waals surface area (Å²) in [5.41, 5.74) is 1.46. The number of nitrogens with one attached hydrogen (secondary N) is 1. The van der Waals surface area contributed by atoms with Gasteiger partial charge in [0, 0.05) is 18.0 Å². The maximum Gasteiger partial charge on any atom is 0.268 e. The fourth-order valence-electron chi connectivity index (χ4n) is 2.93. The van der Waals surface area contributed by atoms with E-state index in [9.17, 15) is 4.79 Å². The van der Waals surface area contributed by atoms with Gasteiger partial charge in [0.25, 0.3) is 5.56 Å². The maximum atomic E-state index is 12.2. The van der Waals surface area contributed by atoms with Crippen molar-refractivity contribution in [3.63, 3.8) is 0 Å². The van der Waals surface area contributed by atoms with E-state index in [2.05, 4.69) is 25.1 Å². The summed E-state index contributed by atoms with van der Waals surface area (Å²) in [5, 5.41) is 11.3. The molecule has 5 heterocycles. The van der Waals surface area contributed by atoms with Crippen molar-refractivity contribution in [2.45, 2.75) is 17.5 Å². The highest BCUT2D eigenvalue weighted by molar-refractivity contribution is 7.98. The SMILES string of the molecule is O=c1[nH]c(CSc2nnc(-c3cccnc3)n2Cc2ccco2)nc2ccsc12. The summed E-state index contributed by atoms with van der Waals surface area (Å²) >= 11 is 2.84. The molecule has 10 heteroatoms. The Morgan fingerprint density at radius 3 is 3.00 bits per heavy atom. The van der Waals surface area contributed by atoms with Gasteiger partial charge in [-0.15, -0.1) is 21.5 Å². The van der Waals surface area contributed by atoms with E-state index in [-0.39, 0.29) is 5.56 Å². The van der Waals surface area contributed by atoms with E-state index in [1.54, 1.807) is 18.7 Å². The molecule has 0 saturated carbocycles. The molecule has 29 heavy (non-hydrogen) atoms. The van der Waals surface area contributed by atoms with E-state index in [4.69, 9.17) is 4.42 Å². The largest absolute Gasteiger partial charge is 0.467 e. The summed E-state index contributed by atoms with van der Waals surface area (Å²) in [5.74, 6) is 2.56. The normalized spacial score (nSPS) is 11.3. The van der Waals surface area contributed by atoms with Gasteiger partial charge in [0.1, 0.15) is 16.3 Å². The highest BCUT2D eigenvalue weighted by Gasteiger charge is 2.17. The first-order valence-corrected chi connectivity index (χ1v) is 10.6. The molecule has 8 nitrogen and oxygen atoms in total. The van der Waals surface area contributed by atoms with Crippen molar-refractivity contribution in [1.29, 1.82) is 0 Å². The third-order valence-corrected chi connectivity index (χ3v) is 6.11. The Hall–Kier alpha value is -3.24. The van der Waals surface area contributed by atoms with Crippen LogP contribution >= 0.6 is 23.1 Å². The number of fused-ring (bicyclic) bond motifs is 1. The minimum atomic E-state index is -0.117. The molecular formula is C19H14N6O2S2. The lowest BCUT2D eigenvalue weighted by molar-refractivity contribution is 0.485. The molecule has 0 atom stereocenters. The molecule has 5 rings (SSSR count). The van der Waals surface area contributed by atoms with Crippen LogP contribution in [0.4, 0.5) is 0 Å². The molecule has 0 unspecified atom stereocenters. The first-order chi connectivity index (χ1) is 14.3. The van der Waals surface area contributed by atoms with E-state index in [0.717, 1.165) is 11.3 Å². The Morgan fingerprint density at radius 1 is 1.21 bits per heavy atom. The Kier molecular flexibility index (Phi) is 4.70. The van der Waals surface area contributed by atoms with Crippen LogP contribution in [0, 0.1) is 0 Å². The summed E-state index contributed by atoms with van der Waals surface area (Å²) < 4.78 is 8.12. The molecule has 0 amide bonds. The zero-order valence-electron chi connectivity index (χ0n) is 15.0. The number of furan rings is 1. The average Bonchev–Trinajstić information content (AvgIpc) is 3.49. The number of nitrogens with zero attached hydrogens (tertiary/aromatic N) is 5. The molecule has 0 bridgehead atoms. The van der Waals surface area contributed by atoms with Crippen molar-refractivity contribution in [3.05, 3.63) is 76.3 Å². The Morgan fingerprint density at radius 2 is 2.17 bits per heavy atom. The van der Waals surface area contributed by atoms with Gasteiger partial charge in [-0.05, 0) is 35.7 Å². The smallest absolute Gasteiger partial charge is 0.268 e. The molecule has 0 saturated heterocycles. The summed E-state index contributed by atoms with van der Waals surface area (Å²) in [6, 6.07) is 9.40. The predicted molar refractivity (Wildman–Crippen MR) is 111 cm³/mol. The third kappa shape index (κ3) is 3.59. The number of rotatable bonds is 6. The van der Waals surface area contributed by atoms with Crippen LogP contribution in [0.3, 0.4) is 0 Å². The summed E-state index contributed by atoms with van der Waals surface area (Å²) in [7, 11) is 0. The highest BCUT2D eigenvalue weighted by atomic mass is 32.2. The van der Waals surface area contributed by atoms with Gasteiger partial charge in [0.05, 0.1) is 24.1 Å². The van der Waals surface area contributed by atoms with Crippen LogP contribution in [0.15, 0.2) is 68.7 Å². The standard InChI is InChI=1S/C19H14N6O2S2/c26-18-16-14(5-8-28-16)21-15(22-18)11-29-19-24-23-17(12-3-1-6-20-9-12)25(19)10-13-4-2-7-27-13/h1-9H,10-11H2,(H,21,22,26). The lowest BCUT2D eigenvalue weighted by Gasteiger charge is -2.08. The summed E-state index contributed by atoms with van der Waals surface area (Å²) in [6.45, 7) is 0.486. The van der Waals surface area contributed by atoms with Gasteiger partial charge in [-0.2, -0.15) is 0 Å². The van der Waals surface area contributed by atoms with Gasteiger partial charge < -0.3 is 9.40 Å². The molecule has 144 valence electrons. The van der Waals surface area contributed by atoms with Crippen LogP contribution in [0.5, 0.6) is 0 Å². The second-order valence-corrected chi connectivity index (χ2v) is 8.01. The number of thiophene rings is 1. The van der Waals surface area contributed by atoms with Crippen molar-refractivity contribution in [3.8, 4) is 11.4 Å². The lowest BCUT2D eigenvalue weighted by atomic mass is 10.2. The molecule has 0 aliphatic rings. The fraction of sp³-hybridized carbons (Fsp3) is 0.105. The van der Waals surface area contributed by atoms with Gasteiger partial charge in [0.2, 0.25) is 0 Å². The van der Waals surface area contributed by atoms with Crippen molar-refractivity contribution < 1.29 is 4.42 Å². The highest BCUT2D eigenvalue weighted by Crippen LogP contribution is 2.27. The lowest BCUT2D eigenvalue weighted by Crippen LogP contribution is -2.10. The molecule has 0 spiro atoms. The van der Waals surface area contributed by atoms with Gasteiger partial charge in [-0.25, -0.2) is 4.98 Å².